The van der Waals surface area contributed by atoms with Gasteiger partial charge in [-0.2, -0.15) is 0 Å². The summed E-state index contributed by atoms with van der Waals surface area (Å²) in [4.78, 5) is 15.0. The zero-order valence-corrected chi connectivity index (χ0v) is 16.6. The summed E-state index contributed by atoms with van der Waals surface area (Å²) in [7, 11) is -3.01. The lowest BCUT2D eigenvalue weighted by Crippen LogP contribution is -2.50. The molecule has 3 rings (SSSR count). The van der Waals surface area contributed by atoms with Gasteiger partial charge >= 0.3 is 0 Å². The van der Waals surface area contributed by atoms with Crippen LogP contribution in [-0.2, 0) is 14.6 Å². The number of hydrogen-bond donors (Lipinski definition) is 1. The number of aryl methyl sites for hydroxylation is 1. The van der Waals surface area contributed by atoms with E-state index in [0.29, 0.717) is 6.42 Å². The third kappa shape index (κ3) is 4.40. The summed E-state index contributed by atoms with van der Waals surface area (Å²) in [6.45, 7) is 4.32. The average molecular weight is 379 g/mol. The number of benzene rings is 1. The van der Waals surface area contributed by atoms with E-state index in [-0.39, 0.29) is 36.0 Å². The molecule has 0 radical (unpaired) electrons. The second-order valence-corrected chi connectivity index (χ2v) is 9.98. The quantitative estimate of drug-likeness (QED) is 0.855. The van der Waals surface area contributed by atoms with Crippen LogP contribution in [0, 0.1) is 13.8 Å². The minimum absolute atomic E-state index is 0.0277. The van der Waals surface area contributed by atoms with E-state index >= 15 is 0 Å². The van der Waals surface area contributed by atoms with Crippen molar-refractivity contribution in [3.63, 3.8) is 0 Å². The zero-order valence-electron chi connectivity index (χ0n) is 15.8. The summed E-state index contributed by atoms with van der Waals surface area (Å²) in [6.07, 6.45) is 6.02. The molecule has 0 bridgehead atoms. The third-order valence-corrected chi connectivity index (χ3v) is 7.64. The molecule has 1 aliphatic carbocycles. The van der Waals surface area contributed by atoms with E-state index in [4.69, 9.17) is 0 Å². The second-order valence-electron chi connectivity index (χ2n) is 7.75. The highest BCUT2D eigenvalue weighted by Gasteiger charge is 2.38. The van der Waals surface area contributed by atoms with Gasteiger partial charge in [-0.15, -0.1) is 0 Å². The van der Waals surface area contributed by atoms with Crippen LogP contribution in [0.3, 0.4) is 0 Å². The molecule has 0 aromatic heterocycles. The molecule has 1 saturated heterocycles. The van der Waals surface area contributed by atoms with Crippen LogP contribution in [0.15, 0.2) is 18.2 Å². The first-order chi connectivity index (χ1) is 12.4. The van der Waals surface area contributed by atoms with Gasteiger partial charge in [-0.25, -0.2) is 8.42 Å². The van der Waals surface area contributed by atoms with Crippen molar-refractivity contribution in [1.29, 1.82) is 0 Å². The fraction of sp³-hybridized carbons (Fsp3) is 0.650. The normalized spacial score (nSPS) is 22.9. The fourth-order valence-corrected chi connectivity index (χ4v) is 5.98. The Morgan fingerprint density at radius 2 is 1.85 bits per heavy atom. The maximum absolute atomic E-state index is 13.1. The summed E-state index contributed by atoms with van der Waals surface area (Å²) < 4.78 is 23.9. The summed E-state index contributed by atoms with van der Waals surface area (Å²) in [5, 5.41) is 3.28. The molecule has 1 amide bonds. The Morgan fingerprint density at radius 3 is 2.50 bits per heavy atom. The van der Waals surface area contributed by atoms with Gasteiger partial charge in [0.1, 0.15) is 0 Å². The first-order valence-corrected chi connectivity index (χ1v) is 11.5. The van der Waals surface area contributed by atoms with Crippen molar-refractivity contribution >= 4 is 21.4 Å². The molecule has 1 unspecified atom stereocenters. The number of carbonyl (C=O) groups excluding carboxylic acids is 1. The molecule has 1 aromatic carbocycles. The van der Waals surface area contributed by atoms with E-state index in [1.807, 2.05) is 24.0 Å². The number of anilines is 1. The maximum Gasteiger partial charge on any atom is 0.242 e. The van der Waals surface area contributed by atoms with Crippen molar-refractivity contribution in [2.75, 3.05) is 23.4 Å². The van der Waals surface area contributed by atoms with Crippen LogP contribution < -0.4 is 5.32 Å². The monoisotopic (exact) mass is 378 g/mol. The van der Waals surface area contributed by atoms with Crippen LogP contribution in [0.4, 0.5) is 5.69 Å². The van der Waals surface area contributed by atoms with E-state index in [2.05, 4.69) is 18.3 Å². The number of amides is 1. The Balaban J connectivity index is 1.73. The zero-order chi connectivity index (χ0) is 18.7. The maximum atomic E-state index is 13.1. The summed E-state index contributed by atoms with van der Waals surface area (Å²) in [5.41, 5.74) is 3.31. The topological polar surface area (TPSA) is 66.5 Å². The number of sulfone groups is 1. The van der Waals surface area contributed by atoms with Gasteiger partial charge in [0.05, 0.1) is 18.1 Å². The van der Waals surface area contributed by atoms with Crippen molar-refractivity contribution in [1.82, 2.24) is 4.90 Å². The number of nitrogens with one attached hydrogen (secondary N) is 1. The first kappa shape index (κ1) is 19.2. The first-order valence-electron chi connectivity index (χ1n) is 9.69. The summed E-state index contributed by atoms with van der Waals surface area (Å²) in [6, 6.07) is 6.06. The minimum Gasteiger partial charge on any atom is -0.376 e. The van der Waals surface area contributed by atoms with Gasteiger partial charge in [-0.3, -0.25) is 4.79 Å². The van der Waals surface area contributed by atoms with E-state index in [9.17, 15) is 13.2 Å². The van der Waals surface area contributed by atoms with Gasteiger partial charge in [-0.1, -0.05) is 31.4 Å². The van der Waals surface area contributed by atoms with Crippen LogP contribution in [0.2, 0.25) is 0 Å². The predicted molar refractivity (Wildman–Crippen MR) is 105 cm³/mol. The molecular weight excluding hydrogens is 348 g/mol. The van der Waals surface area contributed by atoms with Crippen LogP contribution in [-0.4, -0.2) is 49.4 Å². The highest BCUT2D eigenvalue weighted by molar-refractivity contribution is 7.91. The average Bonchev–Trinajstić information content (AvgIpc) is 2.97. The number of nitrogens with zero attached hydrogens (tertiary/aromatic N) is 1. The van der Waals surface area contributed by atoms with E-state index < -0.39 is 9.84 Å². The van der Waals surface area contributed by atoms with Gasteiger partial charge in [-0.05, 0) is 50.3 Å². The lowest BCUT2D eigenvalue weighted by Gasteiger charge is -2.38. The highest BCUT2D eigenvalue weighted by Crippen LogP contribution is 2.28. The lowest BCUT2D eigenvalue weighted by molar-refractivity contribution is -0.134. The predicted octanol–water partition coefficient (Wildman–Crippen LogP) is 3.06. The van der Waals surface area contributed by atoms with Crippen LogP contribution >= 0.6 is 0 Å². The van der Waals surface area contributed by atoms with Gasteiger partial charge in [0.15, 0.2) is 9.84 Å². The van der Waals surface area contributed by atoms with Crippen LogP contribution in [0.1, 0.15) is 49.7 Å². The van der Waals surface area contributed by atoms with Crippen molar-refractivity contribution in [3.05, 3.63) is 29.3 Å². The Morgan fingerprint density at radius 1 is 1.12 bits per heavy atom. The van der Waals surface area contributed by atoms with Gasteiger partial charge < -0.3 is 10.2 Å². The standard InChI is InChI=1S/C20H30N2O3S/c1-15-7-6-10-19(16(15)2)21-13-20(23)22(17-8-4-3-5-9-17)18-11-12-26(24,25)14-18/h6-7,10,17-18,21H,3-5,8-9,11-14H2,1-2H3. The lowest BCUT2D eigenvalue weighted by atomic mass is 9.93. The molecule has 0 spiro atoms. The largest absolute Gasteiger partial charge is 0.376 e. The van der Waals surface area contributed by atoms with Crippen molar-refractivity contribution in [3.8, 4) is 0 Å². The number of carbonyl (C=O) groups is 1. The molecule has 2 aliphatic rings. The van der Waals surface area contributed by atoms with Crippen molar-refractivity contribution < 1.29 is 13.2 Å². The van der Waals surface area contributed by atoms with Crippen molar-refractivity contribution in [2.24, 2.45) is 0 Å². The van der Waals surface area contributed by atoms with Gasteiger partial charge in [0, 0.05) is 17.8 Å². The van der Waals surface area contributed by atoms with Crippen molar-refractivity contribution in [2.45, 2.75) is 64.5 Å². The molecule has 1 aromatic rings. The Labute approximate surface area is 157 Å². The molecule has 1 aliphatic heterocycles. The third-order valence-electron chi connectivity index (χ3n) is 5.89. The SMILES string of the molecule is Cc1cccc(NCC(=O)N(C2CCCCC2)C2CCS(=O)(=O)C2)c1C. The van der Waals surface area contributed by atoms with E-state index in [1.54, 1.807) is 0 Å². The molecule has 2 fully saturated rings. The molecule has 26 heavy (non-hydrogen) atoms. The summed E-state index contributed by atoms with van der Waals surface area (Å²) in [5.74, 6) is 0.358. The van der Waals surface area contributed by atoms with Gasteiger partial charge in [0.2, 0.25) is 5.91 Å². The van der Waals surface area contributed by atoms with E-state index in [1.165, 1.54) is 12.0 Å². The molecule has 6 heteroatoms. The van der Waals surface area contributed by atoms with Crippen LogP contribution in [0.5, 0.6) is 0 Å². The molecular formula is C20H30N2O3S. The minimum atomic E-state index is -3.01. The molecule has 1 atom stereocenters. The van der Waals surface area contributed by atoms with E-state index in [0.717, 1.165) is 36.9 Å². The molecule has 5 nitrogen and oxygen atoms in total. The smallest absolute Gasteiger partial charge is 0.242 e. The fourth-order valence-electron chi connectivity index (χ4n) is 4.26. The molecule has 1 N–H and O–H groups in total. The molecule has 144 valence electrons. The summed E-state index contributed by atoms with van der Waals surface area (Å²) >= 11 is 0. The Kier molecular flexibility index (Phi) is 5.90. The van der Waals surface area contributed by atoms with Crippen LogP contribution in [0.25, 0.3) is 0 Å². The Hall–Kier alpha value is -1.56. The van der Waals surface area contributed by atoms with Gasteiger partial charge in [0.25, 0.3) is 0 Å². The second kappa shape index (κ2) is 7.99. The Bertz CT molecular complexity index is 754. The number of rotatable bonds is 5. The molecule has 1 heterocycles. The number of hydrogen-bond acceptors (Lipinski definition) is 4. The molecule has 1 saturated carbocycles. The highest BCUT2D eigenvalue weighted by atomic mass is 32.2.